The van der Waals surface area contributed by atoms with E-state index in [4.69, 9.17) is 5.84 Å². The predicted molar refractivity (Wildman–Crippen MR) is 66.7 cm³/mol. The third-order valence-corrected chi connectivity index (χ3v) is 2.96. The maximum atomic E-state index is 13.8. The molecule has 4 heteroatoms. The number of halogens is 2. The Bertz CT molecular complexity index is 555. The van der Waals surface area contributed by atoms with Crippen molar-refractivity contribution in [3.05, 3.63) is 70.8 Å². The molecule has 0 fully saturated rings. The molecule has 3 N–H and O–H groups in total. The zero-order chi connectivity index (χ0) is 13.1. The van der Waals surface area contributed by atoms with E-state index < -0.39 is 17.7 Å². The quantitative estimate of drug-likeness (QED) is 0.647. The van der Waals surface area contributed by atoms with Gasteiger partial charge in [0.2, 0.25) is 0 Å². The standard InChI is InChI=1S/C14H14F2N2/c1-9-5-2-3-6-10(9)14(18-17)11-7-4-8-12(15)13(11)16/h2-8,14,18H,17H2,1H3. The molecule has 0 spiro atoms. The second-order valence-electron chi connectivity index (χ2n) is 4.10. The topological polar surface area (TPSA) is 38.0 Å². The van der Waals surface area contributed by atoms with E-state index in [9.17, 15) is 8.78 Å². The molecule has 1 atom stereocenters. The Morgan fingerprint density at radius 2 is 1.67 bits per heavy atom. The highest BCUT2D eigenvalue weighted by atomic mass is 19.2. The van der Waals surface area contributed by atoms with Crippen LogP contribution in [0.25, 0.3) is 0 Å². The van der Waals surface area contributed by atoms with Crippen LogP contribution in [0, 0.1) is 18.6 Å². The van der Waals surface area contributed by atoms with Gasteiger partial charge < -0.3 is 0 Å². The molecular weight excluding hydrogens is 234 g/mol. The second-order valence-corrected chi connectivity index (χ2v) is 4.10. The number of nitrogens with one attached hydrogen (secondary N) is 1. The van der Waals surface area contributed by atoms with Crippen molar-refractivity contribution in [1.29, 1.82) is 0 Å². The summed E-state index contributed by atoms with van der Waals surface area (Å²) < 4.78 is 27.0. The SMILES string of the molecule is Cc1ccccc1C(NN)c1cccc(F)c1F. The molecule has 18 heavy (non-hydrogen) atoms. The van der Waals surface area contributed by atoms with Gasteiger partial charge in [-0.2, -0.15) is 0 Å². The fourth-order valence-electron chi connectivity index (χ4n) is 2.00. The number of rotatable bonds is 3. The first kappa shape index (κ1) is 12.7. The lowest BCUT2D eigenvalue weighted by molar-refractivity contribution is 0.482. The lowest BCUT2D eigenvalue weighted by atomic mass is 9.95. The van der Waals surface area contributed by atoms with Crippen molar-refractivity contribution in [2.75, 3.05) is 0 Å². The highest BCUT2D eigenvalue weighted by molar-refractivity contribution is 5.37. The molecular formula is C14H14F2N2. The Balaban J connectivity index is 2.53. The number of benzene rings is 2. The van der Waals surface area contributed by atoms with E-state index in [0.29, 0.717) is 0 Å². The van der Waals surface area contributed by atoms with E-state index in [1.54, 1.807) is 0 Å². The first-order chi connectivity index (χ1) is 8.65. The second kappa shape index (κ2) is 5.25. The van der Waals surface area contributed by atoms with Gasteiger partial charge in [0.25, 0.3) is 0 Å². The molecule has 0 heterocycles. The van der Waals surface area contributed by atoms with Gasteiger partial charge in [0.1, 0.15) is 0 Å². The monoisotopic (exact) mass is 248 g/mol. The third-order valence-electron chi connectivity index (χ3n) is 2.96. The van der Waals surface area contributed by atoms with Crippen molar-refractivity contribution in [2.45, 2.75) is 13.0 Å². The van der Waals surface area contributed by atoms with Gasteiger partial charge in [-0.05, 0) is 24.1 Å². The number of nitrogens with two attached hydrogens (primary N) is 1. The molecule has 0 aliphatic rings. The van der Waals surface area contributed by atoms with Crippen molar-refractivity contribution < 1.29 is 8.78 Å². The van der Waals surface area contributed by atoms with Crippen LogP contribution in [-0.4, -0.2) is 0 Å². The summed E-state index contributed by atoms with van der Waals surface area (Å²) in [4.78, 5) is 0. The van der Waals surface area contributed by atoms with Gasteiger partial charge in [-0.15, -0.1) is 0 Å². The molecule has 2 aromatic rings. The summed E-state index contributed by atoms with van der Waals surface area (Å²) in [7, 11) is 0. The number of hydrazine groups is 1. The van der Waals surface area contributed by atoms with E-state index in [2.05, 4.69) is 5.43 Å². The van der Waals surface area contributed by atoms with E-state index in [1.165, 1.54) is 12.1 Å². The van der Waals surface area contributed by atoms with Crippen LogP contribution in [0.2, 0.25) is 0 Å². The highest BCUT2D eigenvalue weighted by Crippen LogP contribution is 2.27. The van der Waals surface area contributed by atoms with Crippen molar-refractivity contribution in [3.8, 4) is 0 Å². The summed E-state index contributed by atoms with van der Waals surface area (Å²) in [6.07, 6.45) is 0. The predicted octanol–water partition coefficient (Wildman–Crippen LogP) is 2.83. The van der Waals surface area contributed by atoms with Crippen LogP contribution in [0.3, 0.4) is 0 Å². The number of aryl methyl sites for hydroxylation is 1. The third kappa shape index (κ3) is 2.25. The molecule has 0 aromatic heterocycles. The van der Waals surface area contributed by atoms with Gasteiger partial charge in [0.15, 0.2) is 11.6 Å². The van der Waals surface area contributed by atoms with Gasteiger partial charge in [-0.25, -0.2) is 14.2 Å². The van der Waals surface area contributed by atoms with Crippen molar-refractivity contribution >= 4 is 0 Å². The van der Waals surface area contributed by atoms with E-state index >= 15 is 0 Å². The van der Waals surface area contributed by atoms with Crippen molar-refractivity contribution in [2.24, 2.45) is 5.84 Å². The first-order valence-corrected chi connectivity index (χ1v) is 5.60. The average Bonchev–Trinajstić information content (AvgIpc) is 2.37. The van der Waals surface area contributed by atoms with E-state index in [0.717, 1.165) is 17.2 Å². The van der Waals surface area contributed by atoms with Crippen LogP contribution in [0.1, 0.15) is 22.7 Å². The minimum Gasteiger partial charge on any atom is -0.271 e. The highest BCUT2D eigenvalue weighted by Gasteiger charge is 2.19. The van der Waals surface area contributed by atoms with Crippen molar-refractivity contribution in [3.63, 3.8) is 0 Å². The molecule has 2 aromatic carbocycles. The van der Waals surface area contributed by atoms with Crippen LogP contribution >= 0.6 is 0 Å². The van der Waals surface area contributed by atoms with Crippen LogP contribution < -0.4 is 11.3 Å². The Hall–Kier alpha value is -1.78. The van der Waals surface area contributed by atoms with Gasteiger partial charge in [0.05, 0.1) is 6.04 Å². The minimum absolute atomic E-state index is 0.201. The summed E-state index contributed by atoms with van der Waals surface area (Å²) in [5, 5.41) is 0. The molecule has 2 nitrogen and oxygen atoms in total. The molecule has 0 saturated carbocycles. The Kier molecular flexibility index (Phi) is 3.69. The molecule has 2 rings (SSSR count). The fraction of sp³-hybridized carbons (Fsp3) is 0.143. The molecule has 94 valence electrons. The van der Waals surface area contributed by atoms with E-state index in [-0.39, 0.29) is 5.56 Å². The summed E-state index contributed by atoms with van der Waals surface area (Å²) in [5.74, 6) is 3.74. The number of hydrogen-bond acceptors (Lipinski definition) is 2. The summed E-state index contributed by atoms with van der Waals surface area (Å²) >= 11 is 0. The lowest BCUT2D eigenvalue weighted by Crippen LogP contribution is -2.30. The maximum Gasteiger partial charge on any atom is 0.163 e. The average molecular weight is 248 g/mol. The lowest BCUT2D eigenvalue weighted by Gasteiger charge is -2.19. The van der Waals surface area contributed by atoms with Gasteiger partial charge in [0, 0.05) is 5.56 Å². The van der Waals surface area contributed by atoms with Gasteiger partial charge in [-0.3, -0.25) is 5.84 Å². The molecule has 0 radical (unpaired) electrons. The molecule has 0 aliphatic heterocycles. The van der Waals surface area contributed by atoms with Crippen LogP contribution in [0.4, 0.5) is 8.78 Å². The smallest absolute Gasteiger partial charge is 0.163 e. The van der Waals surface area contributed by atoms with E-state index in [1.807, 2.05) is 31.2 Å². The zero-order valence-electron chi connectivity index (χ0n) is 9.95. The van der Waals surface area contributed by atoms with Crippen LogP contribution in [0.5, 0.6) is 0 Å². The van der Waals surface area contributed by atoms with Crippen LogP contribution in [0.15, 0.2) is 42.5 Å². The molecule has 0 bridgehead atoms. The van der Waals surface area contributed by atoms with Crippen molar-refractivity contribution in [1.82, 2.24) is 5.43 Å². The zero-order valence-corrected chi connectivity index (χ0v) is 9.95. The molecule has 0 amide bonds. The molecule has 0 saturated heterocycles. The van der Waals surface area contributed by atoms with Gasteiger partial charge in [-0.1, -0.05) is 36.4 Å². The minimum atomic E-state index is -0.874. The Morgan fingerprint density at radius 3 is 2.33 bits per heavy atom. The van der Waals surface area contributed by atoms with Crippen LogP contribution in [-0.2, 0) is 0 Å². The molecule has 1 unspecified atom stereocenters. The fourth-order valence-corrected chi connectivity index (χ4v) is 2.00. The normalized spacial score (nSPS) is 12.4. The summed E-state index contributed by atoms with van der Waals surface area (Å²) in [5.41, 5.74) is 4.52. The Labute approximate surface area is 104 Å². The summed E-state index contributed by atoms with van der Waals surface area (Å²) in [6.45, 7) is 1.90. The first-order valence-electron chi connectivity index (χ1n) is 5.60. The maximum absolute atomic E-state index is 13.8. The molecule has 0 aliphatic carbocycles. The summed E-state index contributed by atoms with van der Waals surface area (Å²) in [6, 6.07) is 11.0. The number of hydrogen-bond donors (Lipinski definition) is 2. The van der Waals surface area contributed by atoms with Gasteiger partial charge >= 0.3 is 0 Å². The Morgan fingerprint density at radius 1 is 1.00 bits per heavy atom. The largest absolute Gasteiger partial charge is 0.271 e.